The molecule has 0 bridgehead atoms. The van der Waals surface area contributed by atoms with Gasteiger partial charge in [0.05, 0.1) is 17.1 Å². The van der Waals surface area contributed by atoms with Crippen LogP contribution in [0.15, 0.2) is 48.5 Å². The van der Waals surface area contributed by atoms with E-state index in [-0.39, 0.29) is 6.17 Å². The minimum Gasteiger partial charge on any atom is -0.352 e. The lowest BCUT2D eigenvalue weighted by Gasteiger charge is -2.29. The van der Waals surface area contributed by atoms with Gasteiger partial charge in [-0.2, -0.15) is 0 Å². The largest absolute Gasteiger partial charge is 0.352 e. The number of aromatic nitrogens is 1. The van der Waals surface area contributed by atoms with E-state index in [0.29, 0.717) is 0 Å². The third kappa shape index (κ3) is 1.97. The quantitative estimate of drug-likeness (QED) is 0.474. The summed E-state index contributed by atoms with van der Waals surface area (Å²) >= 11 is 0. The summed E-state index contributed by atoms with van der Waals surface area (Å²) in [6, 6.07) is 17.6. The number of hydrogen-bond donors (Lipinski definition) is 0. The van der Waals surface area contributed by atoms with Gasteiger partial charge in [-0.15, -0.1) is 0 Å². The van der Waals surface area contributed by atoms with Gasteiger partial charge in [0.15, 0.2) is 0 Å². The maximum atomic E-state index is 4.80. The van der Waals surface area contributed by atoms with Crippen molar-refractivity contribution in [2.45, 2.75) is 33.4 Å². The van der Waals surface area contributed by atoms with E-state index in [2.05, 4.69) is 86.1 Å². The smallest absolute Gasteiger partial charge is 0.103 e. The number of benzene rings is 2. The molecule has 5 rings (SSSR count). The van der Waals surface area contributed by atoms with Crippen molar-refractivity contribution in [3.63, 3.8) is 0 Å². The standard InChI is InChI=1S/C23H23N3/c1-14-7-5-6-8-21(14)26-16(3)25(4)23-19-13-20-18(10-9-15(2)24-20)17(19)11-12-22(23)26/h5-12,16H,13H2,1-4H3/t16-/m0/s1. The van der Waals surface area contributed by atoms with Crippen molar-refractivity contribution in [1.29, 1.82) is 0 Å². The van der Waals surface area contributed by atoms with Gasteiger partial charge in [-0.05, 0) is 55.7 Å². The first-order valence-corrected chi connectivity index (χ1v) is 9.26. The van der Waals surface area contributed by atoms with Gasteiger partial charge < -0.3 is 9.80 Å². The molecule has 3 nitrogen and oxygen atoms in total. The van der Waals surface area contributed by atoms with E-state index in [1.54, 1.807) is 0 Å². The Morgan fingerprint density at radius 1 is 0.923 bits per heavy atom. The summed E-state index contributed by atoms with van der Waals surface area (Å²) in [5.74, 6) is 0. The lowest BCUT2D eigenvalue weighted by Crippen LogP contribution is -2.36. The molecule has 2 aromatic carbocycles. The first kappa shape index (κ1) is 15.4. The van der Waals surface area contributed by atoms with Crippen molar-refractivity contribution in [1.82, 2.24) is 4.98 Å². The molecule has 0 unspecified atom stereocenters. The van der Waals surface area contributed by atoms with Crippen molar-refractivity contribution in [2.24, 2.45) is 0 Å². The van der Waals surface area contributed by atoms with Gasteiger partial charge in [0, 0.05) is 30.4 Å². The Morgan fingerprint density at radius 2 is 1.69 bits per heavy atom. The topological polar surface area (TPSA) is 19.4 Å². The molecule has 1 aromatic heterocycles. The van der Waals surface area contributed by atoms with Crippen LogP contribution in [-0.4, -0.2) is 18.2 Å². The third-order valence-corrected chi connectivity index (χ3v) is 5.93. The average molecular weight is 341 g/mol. The highest BCUT2D eigenvalue weighted by molar-refractivity contribution is 5.93. The Kier molecular flexibility index (Phi) is 3.17. The predicted octanol–water partition coefficient (Wildman–Crippen LogP) is 5.20. The predicted molar refractivity (Wildman–Crippen MR) is 108 cm³/mol. The van der Waals surface area contributed by atoms with Crippen LogP contribution >= 0.6 is 0 Å². The zero-order chi connectivity index (χ0) is 18.0. The number of fused-ring (bicyclic) bond motifs is 5. The van der Waals surface area contributed by atoms with E-state index in [1.807, 2.05) is 0 Å². The van der Waals surface area contributed by atoms with Gasteiger partial charge in [0.1, 0.15) is 6.17 Å². The van der Waals surface area contributed by atoms with E-state index < -0.39 is 0 Å². The number of rotatable bonds is 1. The lowest BCUT2D eigenvalue weighted by atomic mass is 10.0. The molecule has 0 spiro atoms. The number of aryl methyl sites for hydroxylation is 2. The Hall–Kier alpha value is -2.81. The molecule has 0 fully saturated rings. The highest BCUT2D eigenvalue weighted by atomic mass is 15.4. The molecular weight excluding hydrogens is 318 g/mol. The van der Waals surface area contributed by atoms with E-state index in [9.17, 15) is 0 Å². The average Bonchev–Trinajstić information content (AvgIpc) is 3.11. The zero-order valence-electron chi connectivity index (χ0n) is 15.7. The lowest BCUT2D eigenvalue weighted by molar-refractivity contribution is 0.731. The number of nitrogens with zero attached hydrogens (tertiary/aromatic N) is 3. The molecule has 0 radical (unpaired) electrons. The van der Waals surface area contributed by atoms with Crippen molar-refractivity contribution in [2.75, 3.05) is 16.8 Å². The van der Waals surface area contributed by atoms with Gasteiger partial charge in [-0.25, -0.2) is 0 Å². The fourth-order valence-corrected chi connectivity index (χ4v) is 4.53. The second kappa shape index (κ2) is 5.34. The number of anilines is 3. The van der Waals surface area contributed by atoms with Crippen molar-refractivity contribution in [3.8, 4) is 11.1 Å². The van der Waals surface area contributed by atoms with E-state index in [0.717, 1.165) is 12.1 Å². The molecule has 0 amide bonds. The van der Waals surface area contributed by atoms with Crippen molar-refractivity contribution >= 4 is 17.1 Å². The van der Waals surface area contributed by atoms with Crippen LogP contribution in [0.1, 0.15) is 29.4 Å². The van der Waals surface area contributed by atoms with E-state index in [1.165, 1.54) is 45.0 Å². The van der Waals surface area contributed by atoms with Crippen LogP contribution in [0.2, 0.25) is 0 Å². The maximum absolute atomic E-state index is 4.80. The second-order valence-electron chi connectivity index (χ2n) is 7.48. The highest BCUT2D eigenvalue weighted by Gasteiger charge is 2.37. The molecule has 26 heavy (non-hydrogen) atoms. The Morgan fingerprint density at radius 3 is 2.50 bits per heavy atom. The molecule has 2 aliphatic rings. The molecule has 1 aliphatic carbocycles. The first-order valence-electron chi connectivity index (χ1n) is 9.26. The first-order chi connectivity index (χ1) is 12.6. The van der Waals surface area contributed by atoms with Crippen LogP contribution in [-0.2, 0) is 6.42 Å². The molecule has 1 aliphatic heterocycles. The molecule has 3 aromatic rings. The van der Waals surface area contributed by atoms with Crippen LogP contribution in [0.4, 0.5) is 17.1 Å². The molecule has 0 N–H and O–H groups in total. The van der Waals surface area contributed by atoms with Crippen LogP contribution < -0.4 is 9.80 Å². The molecule has 1 atom stereocenters. The maximum Gasteiger partial charge on any atom is 0.103 e. The minimum absolute atomic E-state index is 0.288. The summed E-state index contributed by atoms with van der Waals surface area (Å²) in [7, 11) is 2.21. The van der Waals surface area contributed by atoms with Crippen LogP contribution in [0, 0.1) is 13.8 Å². The van der Waals surface area contributed by atoms with E-state index in [4.69, 9.17) is 4.98 Å². The third-order valence-electron chi connectivity index (χ3n) is 5.93. The van der Waals surface area contributed by atoms with Crippen molar-refractivity contribution in [3.05, 3.63) is 71.0 Å². The second-order valence-corrected chi connectivity index (χ2v) is 7.48. The number of para-hydroxylation sites is 1. The van der Waals surface area contributed by atoms with Gasteiger partial charge in [0.25, 0.3) is 0 Å². The van der Waals surface area contributed by atoms with Crippen LogP contribution in [0.5, 0.6) is 0 Å². The number of pyridine rings is 1. The van der Waals surface area contributed by atoms with Crippen LogP contribution in [0.3, 0.4) is 0 Å². The summed E-state index contributed by atoms with van der Waals surface area (Å²) in [5.41, 5.74) is 11.6. The van der Waals surface area contributed by atoms with Gasteiger partial charge in [-0.3, -0.25) is 4.98 Å². The number of hydrogen-bond acceptors (Lipinski definition) is 3. The summed E-state index contributed by atoms with van der Waals surface area (Å²) in [5, 5.41) is 0. The Balaban J connectivity index is 1.70. The molecule has 0 saturated carbocycles. The summed E-state index contributed by atoms with van der Waals surface area (Å²) in [6.07, 6.45) is 1.21. The van der Waals surface area contributed by atoms with Crippen LogP contribution in [0.25, 0.3) is 11.1 Å². The molecule has 2 heterocycles. The zero-order valence-corrected chi connectivity index (χ0v) is 15.7. The summed E-state index contributed by atoms with van der Waals surface area (Å²) < 4.78 is 0. The minimum atomic E-state index is 0.288. The fraction of sp³-hybridized carbons (Fsp3) is 0.261. The van der Waals surface area contributed by atoms with Gasteiger partial charge >= 0.3 is 0 Å². The van der Waals surface area contributed by atoms with Crippen molar-refractivity contribution < 1.29 is 0 Å². The van der Waals surface area contributed by atoms with E-state index >= 15 is 0 Å². The molecule has 130 valence electrons. The monoisotopic (exact) mass is 341 g/mol. The normalized spacial score (nSPS) is 17.3. The molecule has 3 heteroatoms. The summed E-state index contributed by atoms with van der Waals surface area (Å²) in [4.78, 5) is 9.68. The summed E-state index contributed by atoms with van der Waals surface area (Å²) in [6.45, 7) is 6.54. The fourth-order valence-electron chi connectivity index (χ4n) is 4.53. The Bertz CT molecular complexity index is 1040. The van der Waals surface area contributed by atoms with Gasteiger partial charge in [-0.1, -0.05) is 30.3 Å². The van der Waals surface area contributed by atoms with Gasteiger partial charge in [0.2, 0.25) is 0 Å². The Labute approximate surface area is 154 Å². The molecule has 0 saturated heterocycles. The SMILES string of the molecule is Cc1ccc2c(n1)Cc1c-2ccc2c1N(C)[C@H](C)N2c1ccccc1C. The molecular formula is C23H23N3. The highest BCUT2D eigenvalue weighted by Crippen LogP contribution is 2.51.